The van der Waals surface area contributed by atoms with E-state index in [0.29, 0.717) is 17.4 Å². The number of carbonyl (C=O) groups excluding carboxylic acids is 1. The van der Waals surface area contributed by atoms with Crippen molar-refractivity contribution < 1.29 is 9.90 Å². The number of rotatable bonds is 6. The predicted octanol–water partition coefficient (Wildman–Crippen LogP) is 0.484. The van der Waals surface area contributed by atoms with Crippen LogP contribution in [0.1, 0.15) is 13.8 Å². The molecule has 4 heteroatoms. The largest absolute Gasteiger partial charge is 0.396 e. The molecule has 3 nitrogen and oxygen atoms in total. The van der Waals surface area contributed by atoms with Crippen LogP contribution < -0.4 is 5.32 Å². The Labute approximate surface area is 77.9 Å². The smallest absolute Gasteiger partial charge is 0.230 e. The predicted molar refractivity (Wildman–Crippen MR) is 52.3 cm³/mol. The number of amides is 1. The molecule has 0 aliphatic rings. The van der Waals surface area contributed by atoms with Crippen LogP contribution in [0.5, 0.6) is 0 Å². The lowest BCUT2D eigenvalue weighted by Crippen LogP contribution is -2.28. The zero-order chi connectivity index (χ0) is 9.40. The molecule has 0 fully saturated rings. The molecule has 12 heavy (non-hydrogen) atoms. The Bertz CT molecular complexity index is 128. The van der Waals surface area contributed by atoms with E-state index in [4.69, 9.17) is 5.11 Å². The van der Waals surface area contributed by atoms with Gasteiger partial charge in [-0.15, -0.1) is 11.8 Å². The minimum Gasteiger partial charge on any atom is -0.396 e. The molecule has 0 spiro atoms. The first-order valence-electron chi connectivity index (χ1n) is 4.12. The Morgan fingerprint density at radius 2 is 2.25 bits per heavy atom. The van der Waals surface area contributed by atoms with Gasteiger partial charge in [-0.25, -0.2) is 0 Å². The maximum absolute atomic E-state index is 11.0. The average Bonchev–Trinajstić information content (AvgIpc) is 2.01. The van der Waals surface area contributed by atoms with Gasteiger partial charge in [0.2, 0.25) is 5.91 Å². The van der Waals surface area contributed by atoms with Gasteiger partial charge >= 0.3 is 0 Å². The average molecular weight is 191 g/mol. The summed E-state index contributed by atoms with van der Waals surface area (Å²) in [5, 5.41) is 11.2. The van der Waals surface area contributed by atoms with Crippen LogP contribution in [0.4, 0.5) is 0 Å². The van der Waals surface area contributed by atoms with Crippen LogP contribution in [-0.2, 0) is 4.79 Å². The molecule has 72 valence electrons. The summed E-state index contributed by atoms with van der Waals surface area (Å²) >= 11 is 1.45. The second-order valence-corrected chi connectivity index (χ2v) is 4.08. The Kier molecular flexibility index (Phi) is 7.29. The third-order valence-electron chi connectivity index (χ3n) is 1.18. The third-order valence-corrected chi connectivity index (χ3v) is 2.11. The lowest BCUT2D eigenvalue weighted by molar-refractivity contribution is -0.118. The number of hydrogen-bond donors (Lipinski definition) is 2. The monoisotopic (exact) mass is 191 g/mol. The molecule has 0 aromatic heterocycles. The topological polar surface area (TPSA) is 49.3 Å². The molecule has 0 aliphatic heterocycles. The van der Waals surface area contributed by atoms with Gasteiger partial charge in [0.25, 0.3) is 0 Å². The highest BCUT2D eigenvalue weighted by molar-refractivity contribution is 7.99. The van der Waals surface area contributed by atoms with E-state index in [0.717, 1.165) is 6.54 Å². The number of thioether (sulfide) groups is 1. The maximum atomic E-state index is 11.0. The molecule has 0 atom stereocenters. The van der Waals surface area contributed by atoms with Gasteiger partial charge < -0.3 is 10.4 Å². The summed E-state index contributed by atoms with van der Waals surface area (Å²) in [7, 11) is 0. The van der Waals surface area contributed by atoms with Crippen LogP contribution in [0.15, 0.2) is 0 Å². The quantitative estimate of drug-likeness (QED) is 0.601. The molecule has 0 radical (unpaired) electrons. The third kappa shape index (κ3) is 7.88. The number of carbonyl (C=O) groups is 1. The summed E-state index contributed by atoms with van der Waals surface area (Å²) in [4.78, 5) is 11.0. The zero-order valence-electron chi connectivity index (χ0n) is 7.67. The maximum Gasteiger partial charge on any atom is 0.230 e. The van der Waals surface area contributed by atoms with Crippen molar-refractivity contribution in [1.29, 1.82) is 0 Å². The van der Waals surface area contributed by atoms with E-state index in [-0.39, 0.29) is 12.5 Å². The van der Waals surface area contributed by atoms with Gasteiger partial charge in [-0.2, -0.15) is 0 Å². The Hall–Kier alpha value is -0.220. The molecular weight excluding hydrogens is 174 g/mol. The molecule has 0 aromatic carbocycles. The van der Waals surface area contributed by atoms with E-state index < -0.39 is 0 Å². The van der Waals surface area contributed by atoms with Crippen LogP contribution in [-0.4, -0.2) is 35.7 Å². The summed E-state index contributed by atoms with van der Waals surface area (Å²) in [5.41, 5.74) is 0. The van der Waals surface area contributed by atoms with Crippen molar-refractivity contribution in [3.8, 4) is 0 Å². The number of hydrogen-bond acceptors (Lipinski definition) is 3. The van der Waals surface area contributed by atoms with E-state index in [1.54, 1.807) is 0 Å². The van der Waals surface area contributed by atoms with Crippen LogP contribution in [0, 0.1) is 5.92 Å². The van der Waals surface area contributed by atoms with Crippen molar-refractivity contribution in [2.75, 3.05) is 24.7 Å². The van der Waals surface area contributed by atoms with E-state index in [1.807, 2.05) is 0 Å². The fourth-order valence-electron chi connectivity index (χ4n) is 0.598. The summed E-state index contributed by atoms with van der Waals surface area (Å²) in [6.07, 6.45) is 0. The van der Waals surface area contributed by atoms with Crippen molar-refractivity contribution in [3.63, 3.8) is 0 Å². The lowest BCUT2D eigenvalue weighted by atomic mass is 10.2. The van der Waals surface area contributed by atoms with Gasteiger partial charge in [-0.05, 0) is 5.92 Å². The van der Waals surface area contributed by atoms with Crippen molar-refractivity contribution in [2.45, 2.75) is 13.8 Å². The highest BCUT2D eigenvalue weighted by atomic mass is 32.2. The normalized spacial score (nSPS) is 10.3. The van der Waals surface area contributed by atoms with Gasteiger partial charge in [0, 0.05) is 12.3 Å². The fourth-order valence-corrected chi connectivity index (χ4v) is 1.16. The lowest BCUT2D eigenvalue weighted by Gasteiger charge is -2.06. The minimum absolute atomic E-state index is 0.0575. The summed E-state index contributed by atoms with van der Waals surface area (Å²) in [6.45, 7) is 4.99. The Morgan fingerprint density at radius 3 is 2.75 bits per heavy atom. The molecule has 0 saturated carbocycles. The molecule has 0 rings (SSSR count). The van der Waals surface area contributed by atoms with Crippen LogP contribution >= 0.6 is 11.8 Å². The number of aliphatic hydroxyl groups is 1. The van der Waals surface area contributed by atoms with Gasteiger partial charge in [0.05, 0.1) is 12.4 Å². The molecule has 0 aromatic rings. The van der Waals surface area contributed by atoms with Crippen molar-refractivity contribution >= 4 is 17.7 Å². The van der Waals surface area contributed by atoms with Crippen molar-refractivity contribution in [1.82, 2.24) is 5.32 Å². The first-order chi connectivity index (χ1) is 5.66. The fraction of sp³-hybridized carbons (Fsp3) is 0.875. The van der Waals surface area contributed by atoms with E-state index in [1.165, 1.54) is 11.8 Å². The van der Waals surface area contributed by atoms with Gasteiger partial charge in [0.1, 0.15) is 0 Å². The standard InChI is InChI=1S/C8H17NO2S/c1-7(2)5-9-8(11)6-12-4-3-10/h7,10H,3-6H2,1-2H3,(H,9,11). The Morgan fingerprint density at radius 1 is 1.58 bits per heavy atom. The van der Waals surface area contributed by atoms with Gasteiger partial charge in [-0.1, -0.05) is 13.8 Å². The molecular formula is C8H17NO2S. The van der Waals surface area contributed by atoms with Crippen molar-refractivity contribution in [3.05, 3.63) is 0 Å². The number of nitrogens with one attached hydrogen (secondary N) is 1. The molecule has 0 heterocycles. The SMILES string of the molecule is CC(C)CNC(=O)CSCCO. The zero-order valence-corrected chi connectivity index (χ0v) is 8.49. The second kappa shape index (κ2) is 7.43. The molecule has 0 bridgehead atoms. The highest BCUT2D eigenvalue weighted by Gasteiger charge is 2.01. The second-order valence-electron chi connectivity index (χ2n) is 2.97. The number of aliphatic hydroxyl groups excluding tert-OH is 1. The molecule has 0 unspecified atom stereocenters. The molecule has 1 amide bonds. The summed E-state index contributed by atoms with van der Waals surface area (Å²) in [6, 6.07) is 0. The first-order valence-corrected chi connectivity index (χ1v) is 5.27. The summed E-state index contributed by atoms with van der Waals surface area (Å²) < 4.78 is 0. The highest BCUT2D eigenvalue weighted by Crippen LogP contribution is 1.97. The van der Waals surface area contributed by atoms with Crippen molar-refractivity contribution in [2.24, 2.45) is 5.92 Å². The Balaban J connectivity index is 3.22. The first kappa shape index (κ1) is 11.8. The van der Waals surface area contributed by atoms with E-state index >= 15 is 0 Å². The molecule has 0 aliphatic carbocycles. The minimum atomic E-state index is 0.0575. The molecule has 2 N–H and O–H groups in total. The van der Waals surface area contributed by atoms with Crippen LogP contribution in [0.25, 0.3) is 0 Å². The van der Waals surface area contributed by atoms with Crippen LogP contribution in [0.2, 0.25) is 0 Å². The van der Waals surface area contributed by atoms with E-state index in [9.17, 15) is 4.79 Å². The van der Waals surface area contributed by atoms with E-state index in [2.05, 4.69) is 19.2 Å². The van der Waals surface area contributed by atoms with Crippen LogP contribution in [0.3, 0.4) is 0 Å². The van der Waals surface area contributed by atoms with Gasteiger partial charge in [0.15, 0.2) is 0 Å². The molecule has 0 saturated heterocycles. The summed E-state index contributed by atoms with van der Waals surface area (Å²) in [5.74, 6) is 1.64. The van der Waals surface area contributed by atoms with Gasteiger partial charge in [-0.3, -0.25) is 4.79 Å².